The van der Waals surface area contributed by atoms with Crippen molar-refractivity contribution in [2.75, 3.05) is 33.9 Å². The normalized spacial score (nSPS) is 17.0. The third-order valence-electron chi connectivity index (χ3n) is 5.24. The Bertz CT molecular complexity index is 890. The van der Waals surface area contributed by atoms with Gasteiger partial charge in [0.05, 0.1) is 38.6 Å². The second-order valence-electron chi connectivity index (χ2n) is 7.01. The standard InChI is InChI=1S/C19H23N5O4/c1-27-16-6-3-5-15(18(16)28-2)19(26)23-11-14(12-23)24-10-13(20-21-24)9-22-8-4-7-17(22)25/h3,5-6,10,14H,4,7-9,11-12H2,1-2H3. The fraction of sp³-hybridized carbons (Fsp3) is 0.474. The first-order valence-corrected chi connectivity index (χ1v) is 9.29. The van der Waals surface area contributed by atoms with Crippen molar-refractivity contribution < 1.29 is 19.1 Å². The highest BCUT2D eigenvalue weighted by atomic mass is 16.5. The zero-order chi connectivity index (χ0) is 19.7. The van der Waals surface area contributed by atoms with E-state index in [1.54, 1.807) is 39.8 Å². The SMILES string of the molecule is COc1cccc(C(=O)N2CC(n3cc(CN4CCCC4=O)nn3)C2)c1OC. The summed E-state index contributed by atoms with van der Waals surface area (Å²) in [6.45, 7) is 2.37. The molecule has 0 saturated carbocycles. The van der Waals surface area contributed by atoms with Crippen LogP contribution in [0.15, 0.2) is 24.4 Å². The van der Waals surface area contributed by atoms with Crippen LogP contribution in [-0.4, -0.2) is 70.5 Å². The first kappa shape index (κ1) is 18.3. The van der Waals surface area contributed by atoms with Crippen LogP contribution >= 0.6 is 0 Å². The molecule has 148 valence electrons. The predicted molar refractivity (Wildman–Crippen MR) is 99.2 cm³/mol. The number of aromatic nitrogens is 3. The van der Waals surface area contributed by atoms with Crippen molar-refractivity contribution in [2.24, 2.45) is 0 Å². The molecule has 2 fully saturated rings. The highest BCUT2D eigenvalue weighted by Gasteiger charge is 2.35. The molecule has 2 aliphatic rings. The van der Waals surface area contributed by atoms with Gasteiger partial charge in [0.15, 0.2) is 11.5 Å². The van der Waals surface area contributed by atoms with E-state index in [0.29, 0.717) is 43.1 Å². The maximum Gasteiger partial charge on any atom is 0.257 e. The van der Waals surface area contributed by atoms with Gasteiger partial charge in [-0.25, -0.2) is 4.68 Å². The van der Waals surface area contributed by atoms with Crippen LogP contribution in [0.2, 0.25) is 0 Å². The van der Waals surface area contributed by atoms with Crippen LogP contribution in [-0.2, 0) is 11.3 Å². The molecule has 2 saturated heterocycles. The summed E-state index contributed by atoms with van der Waals surface area (Å²) in [6.07, 6.45) is 3.38. The number of ether oxygens (including phenoxy) is 2. The third kappa shape index (κ3) is 3.28. The summed E-state index contributed by atoms with van der Waals surface area (Å²) in [6, 6.07) is 5.35. The lowest BCUT2D eigenvalue weighted by Gasteiger charge is -2.39. The number of amides is 2. The number of hydrogen-bond donors (Lipinski definition) is 0. The molecule has 3 heterocycles. The van der Waals surface area contributed by atoms with Gasteiger partial charge in [0, 0.05) is 26.1 Å². The molecule has 1 aromatic heterocycles. The molecule has 1 aromatic carbocycles. The molecule has 9 nitrogen and oxygen atoms in total. The zero-order valence-corrected chi connectivity index (χ0v) is 16.0. The molecule has 0 spiro atoms. The van der Waals surface area contributed by atoms with Gasteiger partial charge in [-0.1, -0.05) is 11.3 Å². The number of benzene rings is 1. The van der Waals surface area contributed by atoms with Gasteiger partial charge < -0.3 is 19.3 Å². The van der Waals surface area contributed by atoms with Crippen LogP contribution in [0.5, 0.6) is 11.5 Å². The molecule has 0 atom stereocenters. The maximum absolute atomic E-state index is 12.8. The maximum atomic E-state index is 12.8. The molecule has 0 N–H and O–H groups in total. The van der Waals surface area contributed by atoms with Gasteiger partial charge in [0.25, 0.3) is 5.91 Å². The number of hydrogen-bond acceptors (Lipinski definition) is 6. The Morgan fingerprint density at radius 2 is 2.07 bits per heavy atom. The quantitative estimate of drug-likeness (QED) is 0.740. The summed E-state index contributed by atoms with van der Waals surface area (Å²) < 4.78 is 12.4. The minimum atomic E-state index is -0.102. The van der Waals surface area contributed by atoms with Crippen LogP contribution in [0.4, 0.5) is 0 Å². The number of rotatable bonds is 6. The zero-order valence-electron chi connectivity index (χ0n) is 16.0. The summed E-state index contributed by atoms with van der Waals surface area (Å²) in [5.74, 6) is 1.04. The van der Waals surface area contributed by atoms with Crippen LogP contribution < -0.4 is 9.47 Å². The van der Waals surface area contributed by atoms with Gasteiger partial charge in [-0.2, -0.15) is 0 Å². The van der Waals surface area contributed by atoms with Crippen molar-refractivity contribution in [3.8, 4) is 11.5 Å². The Balaban J connectivity index is 1.38. The van der Waals surface area contributed by atoms with Crippen LogP contribution in [0.3, 0.4) is 0 Å². The number of carbonyl (C=O) groups is 2. The summed E-state index contributed by atoms with van der Waals surface area (Å²) in [5.41, 5.74) is 1.25. The van der Waals surface area contributed by atoms with E-state index in [9.17, 15) is 9.59 Å². The lowest BCUT2D eigenvalue weighted by molar-refractivity contribution is -0.128. The number of methoxy groups -OCH3 is 2. The molecule has 4 rings (SSSR count). The smallest absolute Gasteiger partial charge is 0.257 e. The van der Waals surface area contributed by atoms with Crippen LogP contribution in [0.25, 0.3) is 0 Å². The Morgan fingerprint density at radius 3 is 2.75 bits per heavy atom. The Kier molecular flexibility index (Phi) is 4.89. The molecule has 0 radical (unpaired) electrons. The van der Waals surface area contributed by atoms with E-state index >= 15 is 0 Å². The molecule has 0 unspecified atom stereocenters. The molecule has 9 heteroatoms. The molecule has 2 aromatic rings. The van der Waals surface area contributed by atoms with Gasteiger partial charge in [0.1, 0.15) is 5.69 Å². The highest BCUT2D eigenvalue weighted by molar-refractivity contribution is 5.98. The van der Waals surface area contributed by atoms with Gasteiger partial charge in [-0.05, 0) is 18.6 Å². The third-order valence-corrected chi connectivity index (χ3v) is 5.24. The Labute approximate surface area is 162 Å². The van der Waals surface area contributed by atoms with E-state index in [1.165, 1.54) is 7.11 Å². The number of para-hydroxylation sites is 1. The van der Waals surface area contributed by atoms with Crippen molar-refractivity contribution >= 4 is 11.8 Å². The largest absolute Gasteiger partial charge is 0.493 e. The summed E-state index contributed by atoms with van der Waals surface area (Å²) in [4.78, 5) is 28.1. The van der Waals surface area contributed by atoms with E-state index in [2.05, 4.69) is 10.3 Å². The van der Waals surface area contributed by atoms with Crippen LogP contribution in [0.1, 0.15) is 34.9 Å². The minimum Gasteiger partial charge on any atom is -0.493 e. The fourth-order valence-electron chi connectivity index (χ4n) is 3.65. The molecule has 28 heavy (non-hydrogen) atoms. The average molecular weight is 385 g/mol. The van der Waals surface area contributed by atoms with E-state index < -0.39 is 0 Å². The van der Waals surface area contributed by atoms with Gasteiger partial charge in [-0.3, -0.25) is 9.59 Å². The summed E-state index contributed by atoms with van der Waals surface area (Å²) >= 11 is 0. The van der Waals surface area contributed by atoms with Crippen molar-refractivity contribution in [1.82, 2.24) is 24.8 Å². The number of likely N-dealkylation sites (tertiary alicyclic amines) is 2. The predicted octanol–water partition coefficient (Wildman–Crippen LogP) is 1.11. The highest BCUT2D eigenvalue weighted by Crippen LogP contribution is 2.33. The average Bonchev–Trinajstić information content (AvgIpc) is 3.29. The first-order chi connectivity index (χ1) is 13.6. The van der Waals surface area contributed by atoms with Crippen molar-refractivity contribution in [2.45, 2.75) is 25.4 Å². The summed E-state index contributed by atoms with van der Waals surface area (Å²) in [7, 11) is 3.07. The van der Waals surface area contributed by atoms with Crippen molar-refractivity contribution in [3.05, 3.63) is 35.7 Å². The van der Waals surface area contributed by atoms with Crippen LogP contribution in [0, 0.1) is 0 Å². The van der Waals surface area contributed by atoms with Gasteiger partial charge in [-0.15, -0.1) is 5.10 Å². The van der Waals surface area contributed by atoms with E-state index in [-0.39, 0.29) is 17.9 Å². The summed E-state index contributed by atoms with van der Waals surface area (Å²) in [5, 5.41) is 8.35. The van der Waals surface area contributed by atoms with Crippen molar-refractivity contribution in [1.29, 1.82) is 0 Å². The molecule has 2 amide bonds. The molecule has 0 aliphatic carbocycles. The topological polar surface area (TPSA) is 89.8 Å². The Morgan fingerprint density at radius 1 is 1.25 bits per heavy atom. The molecule has 2 aliphatic heterocycles. The lowest BCUT2D eigenvalue weighted by atomic mass is 10.1. The van der Waals surface area contributed by atoms with E-state index in [1.807, 2.05) is 6.20 Å². The van der Waals surface area contributed by atoms with E-state index in [4.69, 9.17) is 9.47 Å². The number of carbonyl (C=O) groups excluding carboxylic acids is 2. The fourth-order valence-corrected chi connectivity index (χ4v) is 3.65. The second kappa shape index (κ2) is 7.49. The van der Waals surface area contributed by atoms with Gasteiger partial charge in [0.2, 0.25) is 5.91 Å². The van der Waals surface area contributed by atoms with Gasteiger partial charge >= 0.3 is 0 Å². The second-order valence-corrected chi connectivity index (χ2v) is 7.01. The molecule has 0 bridgehead atoms. The minimum absolute atomic E-state index is 0.0797. The first-order valence-electron chi connectivity index (χ1n) is 9.29. The lowest BCUT2D eigenvalue weighted by Crippen LogP contribution is -2.51. The van der Waals surface area contributed by atoms with Crippen molar-refractivity contribution in [3.63, 3.8) is 0 Å². The number of nitrogens with zero attached hydrogens (tertiary/aromatic N) is 5. The molecular formula is C19H23N5O4. The van der Waals surface area contributed by atoms with E-state index in [0.717, 1.165) is 18.7 Å². The monoisotopic (exact) mass is 385 g/mol. The Hall–Kier alpha value is -3.10. The molecular weight excluding hydrogens is 362 g/mol.